The van der Waals surface area contributed by atoms with Crippen LogP contribution in [0.4, 0.5) is 5.69 Å². The second-order valence-corrected chi connectivity index (χ2v) is 12.1. The third-order valence-corrected chi connectivity index (χ3v) is 9.04. The third kappa shape index (κ3) is 7.57. The zero-order valence-corrected chi connectivity index (χ0v) is 26.1. The molecule has 0 aliphatic carbocycles. The van der Waals surface area contributed by atoms with Crippen molar-refractivity contribution in [2.24, 2.45) is 0 Å². The lowest BCUT2D eigenvalue weighted by Crippen LogP contribution is -2.53. The molecule has 1 unspecified atom stereocenters. The van der Waals surface area contributed by atoms with Gasteiger partial charge in [0.15, 0.2) is 11.5 Å². The molecule has 0 radical (unpaired) electrons. The van der Waals surface area contributed by atoms with Crippen molar-refractivity contribution in [1.29, 1.82) is 0 Å². The van der Waals surface area contributed by atoms with Crippen molar-refractivity contribution in [3.05, 3.63) is 120 Å². The van der Waals surface area contributed by atoms with E-state index in [9.17, 15) is 18.0 Å². The van der Waals surface area contributed by atoms with Crippen molar-refractivity contribution in [1.82, 2.24) is 10.2 Å². The first-order chi connectivity index (χ1) is 21.2. The van der Waals surface area contributed by atoms with Crippen LogP contribution in [0.15, 0.2) is 108 Å². The molecule has 0 saturated carbocycles. The Labute approximate surface area is 259 Å². The first kappa shape index (κ1) is 32.1. The molecule has 0 aliphatic rings. The molecule has 4 rings (SSSR count). The number of carbonyl (C=O) groups is 2. The number of hydrogen-bond donors (Lipinski definition) is 1. The van der Waals surface area contributed by atoms with Crippen LogP contribution in [0.1, 0.15) is 16.7 Å². The lowest BCUT2D eigenvalue weighted by molar-refractivity contribution is -0.139. The molecule has 0 saturated heterocycles. The van der Waals surface area contributed by atoms with Crippen LogP contribution in [0.3, 0.4) is 0 Å². The summed E-state index contributed by atoms with van der Waals surface area (Å²) in [5.41, 5.74) is 2.91. The van der Waals surface area contributed by atoms with Crippen molar-refractivity contribution in [2.45, 2.75) is 30.8 Å². The molecule has 2 amide bonds. The van der Waals surface area contributed by atoms with E-state index in [1.165, 1.54) is 44.4 Å². The van der Waals surface area contributed by atoms with Crippen LogP contribution in [-0.2, 0) is 32.6 Å². The fourth-order valence-corrected chi connectivity index (χ4v) is 6.27. The van der Waals surface area contributed by atoms with Gasteiger partial charge in [-0.15, -0.1) is 0 Å². The number of amides is 2. The van der Waals surface area contributed by atoms with Crippen molar-refractivity contribution in [3.8, 4) is 11.5 Å². The van der Waals surface area contributed by atoms with Gasteiger partial charge in [0.25, 0.3) is 10.0 Å². The predicted molar refractivity (Wildman–Crippen MR) is 170 cm³/mol. The number of likely N-dealkylation sites (N-methyl/N-ethyl adjacent to an activating group) is 1. The number of hydrogen-bond acceptors (Lipinski definition) is 6. The molecule has 44 heavy (non-hydrogen) atoms. The highest BCUT2D eigenvalue weighted by atomic mass is 32.2. The van der Waals surface area contributed by atoms with Gasteiger partial charge >= 0.3 is 0 Å². The molecule has 0 heterocycles. The number of nitrogens with zero attached hydrogens (tertiary/aromatic N) is 2. The zero-order valence-electron chi connectivity index (χ0n) is 25.3. The van der Waals surface area contributed by atoms with Crippen molar-refractivity contribution < 1.29 is 27.5 Å². The van der Waals surface area contributed by atoms with Crippen molar-refractivity contribution in [2.75, 3.05) is 32.1 Å². The molecule has 9 nitrogen and oxygen atoms in total. The Kier molecular flexibility index (Phi) is 10.6. The first-order valence-electron chi connectivity index (χ1n) is 14.1. The molecule has 0 aromatic heterocycles. The number of ether oxygens (including phenoxy) is 2. The highest BCUT2D eigenvalue weighted by Crippen LogP contribution is 2.34. The second-order valence-electron chi connectivity index (χ2n) is 10.2. The smallest absolute Gasteiger partial charge is 0.264 e. The largest absolute Gasteiger partial charge is 0.493 e. The lowest BCUT2D eigenvalue weighted by atomic mass is 10.0. The number of sulfonamides is 1. The molecule has 0 bridgehead atoms. The quantitative estimate of drug-likeness (QED) is 0.236. The molecule has 4 aromatic carbocycles. The second kappa shape index (κ2) is 14.6. The van der Waals surface area contributed by atoms with E-state index in [4.69, 9.17) is 9.47 Å². The van der Waals surface area contributed by atoms with Gasteiger partial charge in [-0.3, -0.25) is 13.9 Å². The standard InChI is InChI=1S/C34H37N3O6S/c1-25-15-17-27(18-16-25)23-36(30(34(39)35-2)21-26-11-7-5-8-12-26)33(38)24-37(44(40,41)29-13-9-6-10-14-29)28-19-20-31(42-3)32(22-28)43-4/h5-20,22,30H,21,23-24H2,1-4H3,(H,35,39). The Morgan fingerprint density at radius 3 is 2.00 bits per heavy atom. The zero-order chi connectivity index (χ0) is 31.7. The predicted octanol–water partition coefficient (Wildman–Crippen LogP) is 4.59. The van der Waals surface area contributed by atoms with Gasteiger partial charge in [-0.25, -0.2) is 8.42 Å². The van der Waals surface area contributed by atoms with Gasteiger partial charge in [0.1, 0.15) is 12.6 Å². The van der Waals surface area contributed by atoms with Crippen LogP contribution in [0.25, 0.3) is 0 Å². The van der Waals surface area contributed by atoms with Crippen LogP contribution in [0.2, 0.25) is 0 Å². The van der Waals surface area contributed by atoms with E-state index in [1.807, 2.05) is 61.5 Å². The van der Waals surface area contributed by atoms with Gasteiger partial charge in [-0.2, -0.15) is 0 Å². The molecule has 1 N–H and O–H groups in total. The lowest BCUT2D eigenvalue weighted by Gasteiger charge is -2.33. The van der Waals surface area contributed by atoms with Crippen LogP contribution < -0.4 is 19.1 Å². The van der Waals surface area contributed by atoms with Gasteiger partial charge in [-0.1, -0.05) is 78.4 Å². The number of nitrogens with one attached hydrogen (secondary N) is 1. The van der Waals surface area contributed by atoms with E-state index < -0.39 is 28.5 Å². The Bertz CT molecular complexity index is 1660. The highest BCUT2D eigenvalue weighted by Gasteiger charge is 2.34. The minimum absolute atomic E-state index is 0.0137. The van der Waals surface area contributed by atoms with Crippen LogP contribution >= 0.6 is 0 Å². The van der Waals surface area contributed by atoms with E-state index in [2.05, 4.69) is 5.32 Å². The van der Waals surface area contributed by atoms with Crippen LogP contribution in [0, 0.1) is 6.92 Å². The summed E-state index contributed by atoms with van der Waals surface area (Å²) in [7, 11) is 0.220. The highest BCUT2D eigenvalue weighted by molar-refractivity contribution is 7.92. The Balaban J connectivity index is 1.81. The number of methoxy groups -OCH3 is 2. The fraction of sp³-hybridized carbons (Fsp3) is 0.235. The number of carbonyl (C=O) groups excluding carboxylic acids is 2. The maximum atomic E-state index is 14.4. The summed E-state index contributed by atoms with van der Waals surface area (Å²) in [6, 6.07) is 28.7. The summed E-state index contributed by atoms with van der Waals surface area (Å²) >= 11 is 0. The summed E-state index contributed by atoms with van der Waals surface area (Å²) in [6.45, 7) is 1.49. The molecule has 1 atom stereocenters. The van der Waals surface area contributed by atoms with Crippen molar-refractivity contribution in [3.63, 3.8) is 0 Å². The minimum Gasteiger partial charge on any atom is -0.493 e. The van der Waals surface area contributed by atoms with Gasteiger partial charge in [0.2, 0.25) is 11.8 Å². The third-order valence-electron chi connectivity index (χ3n) is 7.26. The average molecular weight is 616 g/mol. The molecule has 4 aromatic rings. The number of anilines is 1. The monoisotopic (exact) mass is 615 g/mol. The topological polar surface area (TPSA) is 105 Å². The van der Waals surface area contributed by atoms with Gasteiger partial charge in [-0.05, 0) is 42.3 Å². The Hall–Kier alpha value is -4.83. The summed E-state index contributed by atoms with van der Waals surface area (Å²) in [5, 5.41) is 2.69. The van der Waals surface area contributed by atoms with Crippen LogP contribution in [-0.4, -0.2) is 59.0 Å². The first-order valence-corrected chi connectivity index (χ1v) is 15.5. The molecule has 10 heteroatoms. The fourth-order valence-electron chi connectivity index (χ4n) is 4.84. The maximum Gasteiger partial charge on any atom is 0.264 e. The van der Waals surface area contributed by atoms with E-state index in [0.717, 1.165) is 21.0 Å². The molecule has 230 valence electrons. The molecular weight excluding hydrogens is 578 g/mol. The summed E-state index contributed by atoms with van der Waals surface area (Å²) in [6.07, 6.45) is 0.236. The number of rotatable bonds is 13. The molecule has 0 aliphatic heterocycles. The normalized spacial score (nSPS) is 11.7. The van der Waals surface area contributed by atoms with Gasteiger partial charge in [0.05, 0.1) is 24.8 Å². The van der Waals surface area contributed by atoms with Crippen LogP contribution in [0.5, 0.6) is 11.5 Å². The molecule has 0 spiro atoms. The Morgan fingerprint density at radius 1 is 0.795 bits per heavy atom. The summed E-state index contributed by atoms with van der Waals surface area (Å²) in [5.74, 6) is -0.208. The number of benzene rings is 4. The minimum atomic E-state index is -4.23. The van der Waals surface area contributed by atoms with E-state index in [1.54, 1.807) is 30.3 Å². The maximum absolute atomic E-state index is 14.4. The van der Waals surface area contributed by atoms with Gasteiger partial charge in [0, 0.05) is 26.1 Å². The van der Waals surface area contributed by atoms with Gasteiger partial charge < -0.3 is 19.7 Å². The van der Waals surface area contributed by atoms with E-state index in [-0.39, 0.29) is 29.5 Å². The van der Waals surface area contributed by atoms with E-state index in [0.29, 0.717) is 11.5 Å². The number of aryl methyl sites for hydroxylation is 1. The van der Waals surface area contributed by atoms with E-state index >= 15 is 0 Å². The SMILES string of the molecule is CNC(=O)C(Cc1ccccc1)N(Cc1ccc(C)cc1)C(=O)CN(c1ccc(OC)c(OC)c1)S(=O)(=O)c1ccccc1. The Morgan fingerprint density at radius 2 is 1.41 bits per heavy atom. The summed E-state index contributed by atoms with van der Waals surface area (Å²) in [4.78, 5) is 29.2. The molecule has 0 fully saturated rings. The summed E-state index contributed by atoms with van der Waals surface area (Å²) < 4.78 is 40.0. The molecular formula is C34H37N3O6S. The average Bonchev–Trinajstić information content (AvgIpc) is 3.06. The van der Waals surface area contributed by atoms with Crippen molar-refractivity contribution >= 4 is 27.5 Å².